The van der Waals surface area contributed by atoms with Crippen LogP contribution in [0.1, 0.15) is 36.6 Å². The summed E-state index contributed by atoms with van der Waals surface area (Å²) in [5.41, 5.74) is 1.30. The molecule has 1 amide bonds. The number of benzene rings is 3. The van der Waals surface area contributed by atoms with E-state index >= 15 is 4.39 Å². The molecule has 1 N–H and O–H groups in total. The summed E-state index contributed by atoms with van der Waals surface area (Å²) >= 11 is 0. The summed E-state index contributed by atoms with van der Waals surface area (Å²) in [5.74, 6) is -1.66. The first kappa shape index (κ1) is 24.0. The highest BCUT2D eigenvalue weighted by Crippen LogP contribution is 2.43. The van der Waals surface area contributed by atoms with Crippen molar-refractivity contribution in [3.63, 3.8) is 0 Å². The van der Waals surface area contributed by atoms with Gasteiger partial charge in [0.15, 0.2) is 0 Å². The smallest absolute Gasteiger partial charge is 0.300 e. The summed E-state index contributed by atoms with van der Waals surface area (Å²) in [5, 5.41) is 11.3. The lowest BCUT2D eigenvalue weighted by molar-refractivity contribution is -0.132. The van der Waals surface area contributed by atoms with Crippen molar-refractivity contribution < 1.29 is 28.6 Å². The lowest BCUT2D eigenvalue weighted by Gasteiger charge is -2.26. The van der Waals surface area contributed by atoms with Crippen LogP contribution in [0.25, 0.3) is 5.76 Å². The number of carbonyl (C=O) groups excluding carboxylic acids is 2. The van der Waals surface area contributed by atoms with Crippen molar-refractivity contribution in [2.75, 3.05) is 12.0 Å². The van der Waals surface area contributed by atoms with Gasteiger partial charge in [0.05, 0.1) is 24.8 Å². The Hall–Kier alpha value is -4.13. The largest absolute Gasteiger partial charge is 0.507 e. The number of aryl methyl sites for hydroxylation is 1. The number of aliphatic hydroxyl groups is 1. The van der Waals surface area contributed by atoms with E-state index in [0.717, 1.165) is 5.56 Å². The summed E-state index contributed by atoms with van der Waals surface area (Å²) in [6, 6.07) is 16.3. The van der Waals surface area contributed by atoms with Crippen LogP contribution < -0.4 is 14.4 Å². The Morgan fingerprint density at radius 2 is 1.77 bits per heavy atom. The lowest BCUT2D eigenvalue weighted by Crippen LogP contribution is -2.29. The van der Waals surface area contributed by atoms with Gasteiger partial charge in [-0.25, -0.2) is 4.39 Å². The summed E-state index contributed by atoms with van der Waals surface area (Å²) in [6.45, 7) is 5.63. The number of Topliss-reactive ketones (excluding diaryl/α,β-unsaturated/α-hetero) is 1. The molecule has 180 valence electrons. The van der Waals surface area contributed by atoms with E-state index in [1.807, 2.05) is 20.8 Å². The van der Waals surface area contributed by atoms with Crippen LogP contribution in [0, 0.1) is 12.7 Å². The molecule has 3 aromatic rings. The van der Waals surface area contributed by atoms with Gasteiger partial charge in [0.2, 0.25) is 0 Å². The zero-order chi connectivity index (χ0) is 25.3. The van der Waals surface area contributed by atoms with Crippen molar-refractivity contribution in [3.8, 4) is 11.5 Å². The molecule has 0 radical (unpaired) electrons. The van der Waals surface area contributed by atoms with E-state index in [9.17, 15) is 14.7 Å². The highest BCUT2D eigenvalue weighted by atomic mass is 19.1. The molecule has 1 aliphatic rings. The minimum atomic E-state index is -1.17. The van der Waals surface area contributed by atoms with Gasteiger partial charge in [-0.3, -0.25) is 14.5 Å². The first-order chi connectivity index (χ1) is 16.7. The molecule has 0 aliphatic carbocycles. The van der Waals surface area contributed by atoms with Gasteiger partial charge < -0.3 is 14.6 Å². The van der Waals surface area contributed by atoms with Crippen molar-refractivity contribution in [1.29, 1.82) is 0 Å². The van der Waals surface area contributed by atoms with Gasteiger partial charge >= 0.3 is 0 Å². The van der Waals surface area contributed by atoms with E-state index in [2.05, 4.69) is 0 Å². The van der Waals surface area contributed by atoms with Crippen molar-refractivity contribution >= 4 is 23.1 Å². The minimum absolute atomic E-state index is 0.0395. The zero-order valence-corrected chi connectivity index (χ0v) is 19.9. The predicted octanol–water partition coefficient (Wildman–Crippen LogP) is 5.56. The molecule has 1 aliphatic heterocycles. The Balaban J connectivity index is 1.92. The fraction of sp³-hybridized carbons (Fsp3) is 0.214. The first-order valence-corrected chi connectivity index (χ1v) is 11.2. The zero-order valence-electron chi connectivity index (χ0n) is 19.9. The maximum absolute atomic E-state index is 15.0. The molecule has 1 saturated heterocycles. The molecule has 1 heterocycles. The third kappa shape index (κ3) is 4.49. The van der Waals surface area contributed by atoms with Crippen LogP contribution in [0.5, 0.6) is 11.5 Å². The van der Waals surface area contributed by atoms with E-state index < -0.39 is 23.5 Å². The molecule has 1 fully saturated rings. The molecule has 7 heteroatoms. The molecule has 6 nitrogen and oxygen atoms in total. The second-order valence-electron chi connectivity index (χ2n) is 8.54. The second-order valence-corrected chi connectivity index (χ2v) is 8.54. The maximum Gasteiger partial charge on any atom is 0.300 e. The lowest BCUT2D eigenvalue weighted by atomic mass is 9.94. The molecule has 1 unspecified atom stereocenters. The highest BCUT2D eigenvalue weighted by molar-refractivity contribution is 6.51. The average Bonchev–Trinajstić information content (AvgIpc) is 3.10. The van der Waals surface area contributed by atoms with Gasteiger partial charge in [0.1, 0.15) is 23.1 Å². The van der Waals surface area contributed by atoms with Crippen LogP contribution in [0.15, 0.2) is 72.3 Å². The predicted molar refractivity (Wildman–Crippen MR) is 131 cm³/mol. The van der Waals surface area contributed by atoms with E-state index in [4.69, 9.17) is 9.47 Å². The Labute approximate surface area is 203 Å². The van der Waals surface area contributed by atoms with Gasteiger partial charge in [0.25, 0.3) is 11.7 Å². The SMILES string of the molecule is COc1cccc(N2C(=O)C(=O)/C(=C(/O)c3ccc(OC(C)C)c(C)c3)C2c2ccccc2F)c1. The first-order valence-electron chi connectivity index (χ1n) is 11.2. The normalized spacial score (nSPS) is 17.2. The number of hydrogen-bond acceptors (Lipinski definition) is 5. The average molecular weight is 476 g/mol. The van der Waals surface area contributed by atoms with E-state index in [0.29, 0.717) is 22.7 Å². The summed E-state index contributed by atoms with van der Waals surface area (Å²) < 4.78 is 26.0. The molecule has 35 heavy (non-hydrogen) atoms. The number of carbonyl (C=O) groups is 2. The second kappa shape index (κ2) is 9.62. The van der Waals surface area contributed by atoms with Crippen molar-refractivity contribution in [2.45, 2.75) is 32.9 Å². The minimum Gasteiger partial charge on any atom is -0.507 e. The summed E-state index contributed by atoms with van der Waals surface area (Å²) in [7, 11) is 1.48. The molecule has 3 aromatic carbocycles. The third-order valence-electron chi connectivity index (χ3n) is 5.79. The van der Waals surface area contributed by atoms with Crippen LogP contribution in [-0.4, -0.2) is 30.0 Å². The standard InChI is InChI=1S/C28H26FNO5/c1-16(2)35-23-13-12-18(14-17(23)3)26(31)24-25(21-10-5-6-11-22(21)29)30(28(33)27(24)32)19-8-7-9-20(15-19)34-4/h5-16,25,31H,1-4H3/b26-24+. The number of nitrogens with zero attached hydrogens (tertiary/aromatic N) is 1. The van der Waals surface area contributed by atoms with Gasteiger partial charge in [0, 0.05) is 22.9 Å². The quantitative estimate of drug-likeness (QED) is 0.287. The van der Waals surface area contributed by atoms with Gasteiger partial charge in [-0.2, -0.15) is 0 Å². The Kier molecular flexibility index (Phi) is 6.60. The van der Waals surface area contributed by atoms with Gasteiger partial charge in [-0.15, -0.1) is 0 Å². The molecule has 0 aromatic heterocycles. The Bertz CT molecular complexity index is 1330. The molecule has 1 atom stereocenters. The molecular formula is C28H26FNO5. The van der Waals surface area contributed by atoms with Crippen LogP contribution in [0.2, 0.25) is 0 Å². The van der Waals surface area contributed by atoms with Crippen LogP contribution >= 0.6 is 0 Å². The van der Waals surface area contributed by atoms with E-state index in [1.54, 1.807) is 48.5 Å². The molecule has 0 bridgehead atoms. The van der Waals surface area contributed by atoms with Crippen LogP contribution in [0.4, 0.5) is 10.1 Å². The molecular weight excluding hydrogens is 449 g/mol. The van der Waals surface area contributed by atoms with Crippen molar-refractivity contribution in [3.05, 3.63) is 94.8 Å². The number of rotatable bonds is 6. The number of hydrogen-bond donors (Lipinski definition) is 1. The Morgan fingerprint density at radius 1 is 1.03 bits per heavy atom. The van der Waals surface area contributed by atoms with Crippen LogP contribution in [0.3, 0.4) is 0 Å². The number of methoxy groups -OCH3 is 1. The van der Waals surface area contributed by atoms with Crippen molar-refractivity contribution in [2.24, 2.45) is 0 Å². The number of aliphatic hydroxyl groups excluding tert-OH is 1. The summed E-state index contributed by atoms with van der Waals surface area (Å²) in [4.78, 5) is 27.7. The van der Waals surface area contributed by atoms with Gasteiger partial charge in [-0.1, -0.05) is 24.3 Å². The van der Waals surface area contributed by atoms with Crippen LogP contribution in [-0.2, 0) is 9.59 Å². The number of ether oxygens (including phenoxy) is 2. The van der Waals surface area contributed by atoms with Crippen molar-refractivity contribution in [1.82, 2.24) is 0 Å². The molecule has 0 spiro atoms. The number of halogens is 1. The fourth-order valence-corrected chi connectivity index (χ4v) is 4.19. The number of anilines is 1. The van der Waals surface area contributed by atoms with E-state index in [1.165, 1.54) is 30.2 Å². The molecule has 0 saturated carbocycles. The van der Waals surface area contributed by atoms with E-state index in [-0.39, 0.29) is 23.0 Å². The number of amides is 1. The fourth-order valence-electron chi connectivity index (χ4n) is 4.19. The monoisotopic (exact) mass is 475 g/mol. The third-order valence-corrected chi connectivity index (χ3v) is 5.79. The topological polar surface area (TPSA) is 76.1 Å². The molecule has 4 rings (SSSR count). The number of ketones is 1. The maximum atomic E-state index is 15.0. The Morgan fingerprint density at radius 3 is 2.43 bits per heavy atom. The summed E-state index contributed by atoms with van der Waals surface area (Å²) in [6.07, 6.45) is -0.0395. The highest BCUT2D eigenvalue weighted by Gasteiger charge is 2.47. The van der Waals surface area contributed by atoms with Gasteiger partial charge in [-0.05, 0) is 62.7 Å².